The zero-order valence-corrected chi connectivity index (χ0v) is 13.7. The van der Waals surface area contributed by atoms with Gasteiger partial charge < -0.3 is 5.32 Å². The van der Waals surface area contributed by atoms with Crippen LogP contribution in [0.25, 0.3) is 0 Å². The van der Waals surface area contributed by atoms with Gasteiger partial charge >= 0.3 is 0 Å². The second kappa shape index (κ2) is 7.44. The molecular formula is C17H27ClN2. The predicted octanol–water partition coefficient (Wildman–Crippen LogP) is 4.25. The molecule has 1 aliphatic carbocycles. The Balaban J connectivity index is 1.96. The van der Waals surface area contributed by atoms with E-state index in [0.29, 0.717) is 12.1 Å². The molecule has 0 spiro atoms. The summed E-state index contributed by atoms with van der Waals surface area (Å²) in [6, 6.07) is 10.1. The third-order valence-corrected chi connectivity index (χ3v) is 4.63. The lowest BCUT2D eigenvalue weighted by Gasteiger charge is -2.34. The Bertz CT molecular complexity index is 400. The standard InChI is InChI=1S/C17H27ClN2/c1-4-5-17(12-19-16-10-11-16)20(3)13(2)14-6-8-15(18)9-7-14/h6-9,13,16-17,19H,4-5,10-12H2,1-3H3. The fraction of sp³-hybridized carbons (Fsp3) is 0.647. The Hall–Kier alpha value is -0.570. The van der Waals surface area contributed by atoms with Gasteiger partial charge in [-0.25, -0.2) is 0 Å². The van der Waals surface area contributed by atoms with Gasteiger partial charge in [-0.15, -0.1) is 0 Å². The number of nitrogens with one attached hydrogen (secondary N) is 1. The van der Waals surface area contributed by atoms with E-state index in [1.165, 1.54) is 31.2 Å². The lowest BCUT2D eigenvalue weighted by molar-refractivity contribution is 0.170. The van der Waals surface area contributed by atoms with Crippen LogP contribution in [0.1, 0.15) is 51.1 Å². The van der Waals surface area contributed by atoms with Gasteiger partial charge in [-0.3, -0.25) is 4.90 Å². The first-order chi connectivity index (χ1) is 9.61. The van der Waals surface area contributed by atoms with Crippen LogP contribution in [0, 0.1) is 0 Å². The van der Waals surface area contributed by atoms with Crippen molar-refractivity contribution >= 4 is 11.6 Å². The molecule has 3 heteroatoms. The van der Waals surface area contributed by atoms with Gasteiger partial charge in [0.2, 0.25) is 0 Å². The molecule has 1 aliphatic rings. The Kier molecular flexibility index (Phi) is 5.88. The summed E-state index contributed by atoms with van der Waals surface area (Å²) in [7, 11) is 2.24. The minimum atomic E-state index is 0.421. The molecule has 0 bridgehead atoms. The van der Waals surface area contributed by atoms with Crippen molar-refractivity contribution < 1.29 is 0 Å². The first-order valence-electron chi connectivity index (χ1n) is 7.82. The summed E-state index contributed by atoms with van der Waals surface area (Å²) in [6.07, 6.45) is 5.19. The number of benzene rings is 1. The molecule has 1 aromatic carbocycles. The molecule has 1 saturated carbocycles. The minimum Gasteiger partial charge on any atom is -0.312 e. The van der Waals surface area contributed by atoms with E-state index in [1.54, 1.807) is 0 Å². The summed E-state index contributed by atoms with van der Waals surface area (Å²) in [5.74, 6) is 0. The molecule has 0 aromatic heterocycles. The van der Waals surface area contributed by atoms with E-state index < -0.39 is 0 Å². The van der Waals surface area contributed by atoms with E-state index in [9.17, 15) is 0 Å². The molecule has 1 fully saturated rings. The van der Waals surface area contributed by atoms with Crippen molar-refractivity contribution in [1.82, 2.24) is 10.2 Å². The molecule has 2 nitrogen and oxygen atoms in total. The maximum Gasteiger partial charge on any atom is 0.0406 e. The fourth-order valence-corrected chi connectivity index (χ4v) is 2.79. The van der Waals surface area contributed by atoms with Gasteiger partial charge in [0.05, 0.1) is 0 Å². The van der Waals surface area contributed by atoms with Crippen LogP contribution in [-0.2, 0) is 0 Å². The first-order valence-corrected chi connectivity index (χ1v) is 8.20. The van der Waals surface area contributed by atoms with E-state index in [2.05, 4.69) is 43.2 Å². The van der Waals surface area contributed by atoms with Crippen molar-refractivity contribution in [2.75, 3.05) is 13.6 Å². The summed E-state index contributed by atoms with van der Waals surface area (Å²) in [5.41, 5.74) is 1.34. The van der Waals surface area contributed by atoms with Crippen LogP contribution in [0.15, 0.2) is 24.3 Å². The van der Waals surface area contributed by atoms with Crippen molar-refractivity contribution in [1.29, 1.82) is 0 Å². The second-order valence-corrected chi connectivity index (χ2v) is 6.45. The van der Waals surface area contributed by atoms with E-state index in [1.807, 2.05) is 12.1 Å². The molecule has 112 valence electrons. The Morgan fingerprint density at radius 2 is 1.95 bits per heavy atom. The number of rotatable bonds is 8. The van der Waals surface area contributed by atoms with Crippen LogP contribution in [0.4, 0.5) is 0 Å². The molecule has 2 atom stereocenters. The molecule has 1 aromatic rings. The van der Waals surface area contributed by atoms with Gasteiger partial charge in [-0.05, 0) is 50.9 Å². The summed E-state index contributed by atoms with van der Waals surface area (Å²) in [5, 5.41) is 4.48. The van der Waals surface area contributed by atoms with Crippen LogP contribution >= 0.6 is 11.6 Å². The number of halogens is 1. The molecule has 0 saturated heterocycles. The number of nitrogens with zero attached hydrogens (tertiary/aromatic N) is 1. The maximum atomic E-state index is 5.98. The van der Waals surface area contributed by atoms with Crippen LogP contribution in [-0.4, -0.2) is 30.6 Å². The molecular weight excluding hydrogens is 268 g/mol. The molecule has 0 aliphatic heterocycles. The molecule has 0 amide bonds. The van der Waals surface area contributed by atoms with Crippen LogP contribution in [0.3, 0.4) is 0 Å². The van der Waals surface area contributed by atoms with Gasteiger partial charge in [0, 0.05) is 29.7 Å². The number of hydrogen-bond acceptors (Lipinski definition) is 2. The van der Waals surface area contributed by atoms with E-state index >= 15 is 0 Å². The largest absolute Gasteiger partial charge is 0.312 e. The zero-order valence-electron chi connectivity index (χ0n) is 12.9. The molecule has 0 heterocycles. The highest BCUT2D eigenvalue weighted by atomic mass is 35.5. The third-order valence-electron chi connectivity index (χ3n) is 4.38. The molecule has 20 heavy (non-hydrogen) atoms. The van der Waals surface area contributed by atoms with Gasteiger partial charge in [0.1, 0.15) is 0 Å². The topological polar surface area (TPSA) is 15.3 Å². The average Bonchev–Trinajstić information content (AvgIpc) is 3.27. The quantitative estimate of drug-likeness (QED) is 0.771. The minimum absolute atomic E-state index is 0.421. The zero-order chi connectivity index (χ0) is 14.5. The van der Waals surface area contributed by atoms with Gasteiger partial charge in [0.15, 0.2) is 0 Å². The smallest absolute Gasteiger partial charge is 0.0406 e. The molecule has 2 unspecified atom stereocenters. The summed E-state index contributed by atoms with van der Waals surface area (Å²) >= 11 is 5.98. The number of likely N-dealkylation sites (N-methyl/N-ethyl adjacent to an activating group) is 1. The first kappa shape index (κ1) is 15.8. The summed E-state index contributed by atoms with van der Waals surface area (Å²) in [4.78, 5) is 2.50. The normalized spacial score (nSPS) is 18.2. The third kappa shape index (κ3) is 4.47. The van der Waals surface area contributed by atoms with Crippen molar-refractivity contribution in [3.05, 3.63) is 34.9 Å². The van der Waals surface area contributed by atoms with Crippen molar-refractivity contribution in [2.45, 2.75) is 57.7 Å². The second-order valence-electron chi connectivity index (χ2n) is 6.02. The summed E-state index contributed by atoms with van der Waals surface area (Å²) < 4.78 is 0. The highest BCUT2D eigenvalue weighted by Gasteiger charge is 2.25. The number of hydrogen-bond donors (Lipinski definition) is 1. The van der Waals surface area contributed by atoms with Gasteiger partial charge in [0.25, 0.3) is 0 Å². The summed E-state index contributed by atoms with van der Waals surface area (Å²) in [6.45, 7) is 5.65. The van der Waals surface area contributed by atoms with E-state index in [4.69, 9.17) is 11.6 Å². The highest BCUT2D eigenvalue weighted by molar-refractivity contribution is 6.30. The van der Waals surface area contributed by atoms with Crippen molar-refractivity contribution in [3.63, 3.8) is 0 Å². The van der Waals surface area contributed by atoms with Gasteiger partial charge in [-0.2, -0.15) is 0 Å². The van der Waals surface area contributed by atoms with Gasteiger partial charge in [-0.1, -0.05) is 37.1 Å². The van der Waals surface area contributed by atoms with E-state index in [-0.39, 0.29) is 0 Å². The van der Waals surface area contributed by atoms with Crippen LogP contribution in [0.2, 0.25) is 5.02 Å². The molecule has 0 radical (unpaired) electrons. The molecule has 2 rings (SSSR count). The lowest BCUT2D eigenvalue weighted by Crippen LogP contribution is -2.41. The fourth-order valence-electron chi connectivity index (χ4n) is 2.67. The Labute approximate surface area is 128 Å². The van der Waals surface area contributed by atoms with Crippen molar-refractivity contribution in [3.8, 4) is 0 Å². The SMILES string of the molecule is CCCC(CNC1CC1)N(C)C(C)c1ccc(Cl)cc1. The van der Waals surface area contributed by atoms with Crippen LogP contribution < -0.4 is 5.32 Å². The van der Waals surface area contributed by atoms with E-state index in [0.717, 1.165) is 17.6 Å². The average molecular weight is 295 g/mol. The highest BCUT2D eigenvalue weighted by Crippen LogP contribution is 2.25. The molecule has 1 N–H and O–H groups in total. The Morgan fingerprint density at radius 1 is 1.30 bits per heavy atom. The van der Waals surface area contributed by atoms with Crippen molar-refractivity contribution in [2.24, 2.45) is 0 Å². The maximum absolute atomic E-state index is 5.98. The monoisotopic (exact) mass is 294 g/mol. The van der Waals surface area contributed by atoms with Crippen LogP contribution in [0.5, 0.6) is 0 Å². The lowest BCUT2D eigenvalue weighted by atomic mass is 10.0. The Morgan fingerprint density at radius 3 is 2.50 bits per heavy atom. The predicted molar refractivity (Wildman–Crippen MR) is 87.4 cm³/mol.